The number of aromatic amines is 1. The lowest BCUT2D eigenvalue weighted by Crippen LogP contribution is -2.01. The zero-order valence-corrected chi connectivity index (χ0v) is 12.0. The predicted molar refractivity (Wildman–Crippen MR) is 83.3 cm³/mol. The van der Waals surface area contributed by atoms with E-state index in [4.69, 9.17) is 0 Å². The third-order valence-electron chi connectivity index (χ3n) is 3.62. The van der Waals surface area contributed by atoms with Crippen molar-refractivity contribution < 1.29 is 0 Å². The van der Waals surface area contributed by atoms with Crippen molar-refractivity contribution in [3.8, 4) is 28.6 Å². The molecule has 0 bridgehead atoms. The van der Waals surface area contributed by atoms with Crippen LogP contribution in [0.1, 0.15) is 0 Å². The molecule has 3 heterocycles. The molecule has 22 heavy (non-hydrogen) atoms. The third-order valence-corrected chi connectivity index (χ3v) is 3.62. The minimum atomic E-state index is 0.821. The number of nitrogens with one attached hydrogen (secondary N) is 1. The molecule has 0 aliphatic carbocycles. The van der Waals surface area contributed by atoms with E-state index < -0.39 is 0 Å². The van der Waals surface area contributed by atoms with Crippen molar-refractivity contribution in [3.63, 3.8) is 0 Å². The lowest BCUT2D eigenvalue weighted by Gasteiger charge is -2.08. The summed E-state index contributed by atoms with van der Waals surface area (Å²) in [7, 11) is 1.96. The summed E-state index contributed by atoms with van der Waals surface area (Å²) < 4.78 is 3.98. The Hall–Kier alpha value is -3.15. The van der Waals surface area contributed by atoms with Gasteiger partial charge < -0.3 is 4.57 Å². The smallest absolute Gasteiger partial charge is 0.181 e. The number of imidazole rings is 2. The van der Waals surface area contributed by atoms with Crippen LogP contribution in [0.25, 0.3) is 28.6 Å². The molecule has 1 aromatic carbocycles. The molecular weight excluding hydrogens is 276 g/mol. The number of aromatic nitrogens is 6. The van der Waals surface area contributed by atoms with Crippen molar-refractivity contribution in [2.45, 2.75) is 0 Å². The maximum absolute atomic E-state index is 4.43. The lowest BCUT2D eigenvalue weighted by molar-refractivity contribution is 0.897. The van der Waals surface area contributed by atoms with Crippen LogP contribution in [0, 0.1) is 0 Å². The van der Waals surface area contributed by atoms with E-state index in [-0.39, 0.29) is 0 Å². The highest BCUT2D eigenvalue weighted by atomic mass is 15.1. The van der Waals surface area contributed by atoms with Crippen molar-refractivity contribution >= 4 is 0 Å². The zero-order valence-electron chi connectivity index (χ0n) is 12.0. The van der Waals surface area contributed by atoms with E-state index in [0.29, 0.717) is 0 Å². The van der Waals surface area contributed by atoms with E-state index in [1.807, 2.05) is 34.6 Å². The number of benzene rings is 1. The molecule has 0 radical (unpaired) electrons. The molecule has 1 N–H and O–H groups in total. The second kappa shape index (κ2) is 5.00. The third kappa shape index (κ3) is 2.01. The number of rotatable bonds is 3. The van der Waals surface area contributed by atoms with Crippen LogP contribution >= 0.6 is 0 Å². The summed E-state index contributed by atoms with van der Waals surface area (Å²) in [5, 5.41) is 6.94. The molecule has 0 atom stereocenters. The van der Waals surface area contributed by atoms with E-state index in [1.54, 1.807) is 18.6 Å². The van der Waals surface area contributed by atoms with Crippen LogP contribution < -0.4 is 0 Å². The van der Waals surface area contributed by atoms with Gasteiger partial charge in [0.15, 0.2) is 11.6 Å². The second-order valence-electron chi connectivity index (χ2n) is 5.00. The first-order valence-corrected chi connectivity index (χ1v) is 6.94. The number of aryl methyl sites for hydroxylation is 1. The summed E-state index contributed by atoms with van der Waals surface area (Å²) in [6.45, 7) is 0. The van der Waals surface area contributed by atoms with Gasteiger partial charge in [0, 0.05) is 43.7 Å². The van der Waals surface area contributed by atoms with Crippen LogP contribution in [-0.4, -0.2) is 29.3 Å². The van der Waals surface area contributed by atoms with Gasteiger partial charge in [-0.15, -0.1) is 0 Å². The molecule has 4 aromatic rings. The topological polar surface area (TPSA) is 64.3 Å². The van der Waals surface area contributed by atoms with Crippen LogP contribution in [0.2, 0.25) is 0 Å². The highest BCUT2D eigenvalue weighted by molar-refractivity contribution is 5.61. The van der Waals surface area contributed by atoms with Crippen molar-refractivity contribution in [2.24, 2.45) is 7.05 Å². The standard InChI is InChI=1S/C16H14N6/c1-21-10-8-17-15(21)16-18-9-11-22(16)13-4-2-12(3-5-13)14-6-7-19-20-14/h2-11H,1H3,(H,19,20). The van der Waals surface area contributed by atoms with Crippen LogP contribution in [0.15, 0.2) is 61.3 Å². The minimum Gasteiger partial charge on any atom is -0.331 e. The molecule has 0 unspecified atom stereocenters. The Bertz CT molecular complexity index is 883. The van der Waals surface area contributed by atoms with Gasteiger partial charge >= 0.3 is 0 Å². The van der Waals surface area contributed by atoms with Gasteiger partial charge in [-0.2, -0.15) is 5.10 Å². The molecule has 0 saturated carbocycles. The van der Waals surface area contributed by atoms with E-state index in [1.165, 1.54) is 0 Å². The molecule has 0 spiro atoms. The van der Waals surface area contributed by atoms with E-state index >= 15 is 0 Å². The quantitative estimate of drug-likeness (QED) is 0.631. The summed E-state index contributed by atoms with van der Waals surface area (Å²) in [4.78, 5) is 8.80. The average Bonchev–Trinajstić information content (AvgIpc) is 3.28. The van der Waals surface area contributed by atoms with Crippen LogP contribution in [0.4, 0.5) is 0 Å². The van der Waals surface area contributed by atoms with Gasteiger partial charge in [-0.3, -0.25) is 9.67 Å². The maximum Gasteiger partial charge on any atom is 0.181 e. The predicted octanol–water partition coefficient (Wildman–Crippen LogP) is 2.66. The summed E-state index contributed by atoms with van der Waals surface area (Å²) in [5.41, 5.74) is 3.14. The van der Waals surface area contributed by atoms with Gasteiger partial charge in [-0.05, 0) is 23.8 Å². The fourth-order valence-electron chi connectivity index (χ4n) is 2.48. The van der Waals surface area contributed by atoms with Gasteiger partial charge in [0.2, 0.25) is 0 Å². The Labute approximate surface area is 127 Å². The Morgan fingerprint density at radius 1 is 0.864 bits per heavy atom. The van der Waals surface area contributed by atoms with E-state index in [2.05, 4.69) is 44.4 Å². The summed E-state index contributed by atoms with van der Waals surface area (Å²) >= 11 is 0. The molecule has 4 rings (SSSR count). The fourth-order valence-corrected chi connectivity index (χ4v) is 2.48. The highest BCUT2D eigenvalue weighted by Crippen LogP contribution is 2.22. The molecule has 6 nitrogen and oxygen atoms in total. The zero-order chi connectivity index (χ0) is 14.9. The molecule has 3 aromatic heterocycles. The molecule has 0 fully saturated rings. The van der Waals surface area contributed by atoms with Gasteiger partial charge in [0.25, 0.3) is 0 Å². The lowest BCUT2D eigenvalue weighted by atomic mass is 10.1. The fraction of sp³-hybridized carbons (Fsp3) is 0.0625. The number of H-pyrrole nitrogens is 1. The molecular formula is C16H14N6. The first-order valence-electron chi connectivity index (χ1n) is 6.94. The van der Waals surface area contributed by atoms with Gasteiger partial charge in [0.1, 0.15) is 0 Å². The van der Waals surface area contributed by atoms with Crippen LogP contribution in [-0.2, 0) is 7.05 Å². The first kappa shape index (κ1) is 12.6. The second-order valence-corrected chi connectivity index (χ2v) is 5.00. The number of hydrogen-bond acceptors (Lipinski definition) is 3. The molecule has 0 amide bonds. The molecule has 6 heteroatoms. The Balaban J connectivity index is 1.75. The summed E-state index contributed by atoms with van der Waals surface area (Å²) in [6, 6.07) is 10.2. The normalized spacial score (nSPS) is 11.0. The summed E-state index contributed by atoms with van der Waals surface area (Å²) in [5.74, 6) is 1.66. The Morgan fingerprint density at radius 2 is 1.64 bits per heavy atom. The van der Waals surface area contributed by atoms with Crippen molar-refractivity contribution in [1.29, 1.82) is 0 Å². The maximum atomic E-state index is 4.43. The van der Waals surface area contributed by atoms with Crippen molar-refractivity contribution in [1.82, 2.24) is 29.3 Å². The molecule has 0 saturated heterocycles. The highest BCUT2D eigenvalue weighted by Gasteiger charge is 2.11. The summed E-state index contributed by atoms with van der Waals surface area (Å²) in [6.07, 6.45) is 9.16. The van der Waals surface area contributed by atoms with E-state index in [9.17, 15) is 0 Å². The monoisotopic (exact) mass is 290 g/mol. The van der Waals surface area contributed by atoms with Crippen molar-refractivity contribution in [2.75, 3.05) is 0 Å². The number of hydrogen-bond donors (Lipinski definition) is 1. The van der Waals surface area contributed by atoms with E-state index in [0.717, 1.165) is 28.6 Å². The van der Waals surface area contributed by atoms with Gasteiger partial charge in [0.05, 0.1) is 5.69 Å². The van der Waals surface area contributed by atoms with Crippen LogP contribution in [0.5, 0.6) is 0 Å². The Morgan fingerprint density at radius 3 is 2.32 bits per heavy atom. The Kier molecular flexibility index (Phi) is 2.86. The van der Waals surface area contributed by atoms with Crippen LogP contribution in [0.3, 0.4) is 0 Å². The molecule has 0 aliphatic heterocycles. The first-order chi connectivity index (χ1) is 10.8. The molecule has 108 valence electrons. The average molecular weight is 290 g/mol. The van der Waals surface area contributed by atoms with Gasteiger partial charge in [-0.25, -0.2) is 9.97 Å². The number of nitrogens with zero attached hydrogens (tertiary/aromatic N) is 5. The van der Waals surface area contributed by atoms with Gasteiger partial charge in [-0.1, -0.05) is 12.1 Å². The SMILES string of the molecule is Cn1ccnc1-c1nccn1-c1ccc(-c2ccn[nH]2)cc1. The minimum absolute atomic E-state index is 0.821. The largest absolute Gasteiger partial charge is 0.331 e. The molecule has 0 aliphatic rings. The van der Waals surface area contributed by atoms with Crippen molar-refractivity contribution in [3.05, 3.63) is 61.3 Å².